The van der Waals surface area contributed by atoms with Crippen molar-refractivity contribution in [1.82, 2.24) is 10.6 Å². The third kappa shape index (κ3) is 7.11. The van der Waals surface area contributed by atoms with Gasteiger partial charge in [-0.2, -0.15) is 8.78 Å². The van der Waals surface area contributed by atoms with Crippen molar-refractivity contribution in [2.24, 2.45) is 4.99 Å². The lowest BCUT2D eigenvalue weighted by Gasteiger charge is -2.13. The Hall–Kier alpha value is -1.97. The molecule has 0 aliphatic rings. The summed E-state index contributed by atoms with van der Waals surface area (Å²) in [6.07, 6.45) is 0. The number of ether oxygens (including phenoxy) is 1. The van der Waals surface area contributed by atoms with E-state index in [0.29, 0.717) is 23.6 Å². The van der Waals surface area contributed by atoms with Gasteiger partial charge in [-0.25, -0.2) is 9.38 Å². The Bertz CT molecular complexity index is 714. The summed E-state index contributed by atoms with van der Waals surface area (Å²) in [5.74, 6) is 0.241. The number of aliphatic imine (C=N–C) groups is 1. The zero-order valence-electron chi connectivity index (χ0n) is 14.2. The van der Waals surface area contributed by atoms with Crippen molar-refractivity contribution in [2.45, 2.75) is 26.6 Å². The number of halogens is 4. The van der Waals surface area contributed by atoms with Gasteiger partial charge in [0.25, 0.3) is 0 Å². The number of nitrogens with one attached hydrogen (secondary N) is 2. The predicted octanol–water partition coefficient (Wildman–Crippen LogP) is 4.30. The van der Waals surface area contributed by atoms with Crippen LogP contribution in [0.2, 0.25) is 0 Å². The van der Waals surface area contributed by atoms with E-state index >= 15 is 0 Å². The minimum absolute atomic E-state index is 0. The minimum atomic E-state index is -2.89. The molecule has 4 nitrogen and oxygen atoms in total. The van der Waals surface area contributed by atoms with Crippen LogP contribution in [-0.2, 0) is 13.1 Å². The maximum Gasteiger partial charge on any atom is 0.387 e. The smallest absolute Gasteiger partial charge is 0.387 e. The van der Waals surface area contributed by atoms with Gasteiger partial charge in [-0.1, -0.05) is 36.4 Å². The van der Waals surface area contributed by atoms with Crippen LogP contribution < -0.4 is 15.4 Å². The lowest BCUT2D eigenvalue weighted by molar-refractivity contribution is -0.0504. The Morgan fingerprint density at radius 1 is 1.04 bits per heavy atom. The summed E-state index contributed by atoms with van der Waals surface area (Å²) in [5, 5.41) is 6.05. The van der Waals surface area contributed by atoms with Gasteiger partial charge in [-0.05, 0) is 19.1 Å². The average molecular weight is 479 g/mol. The molecule has 2 N–H and O–H groups in total. The van der Waals surface area contributed by atoms with E-state index in [0.717, 1.165) is 0 Å². The molecular weight excluding hydrogens is 458 g/mol. The van der Waals surface area contributed by atoms with Crippen molar-refractivity contribution in [2.75, 3.05) is 6.54 Å². The molecule has 0 radical (unpaired) electrons. The van der Waals surface area contributed by atoms with Crippen molar-refractivity contribution >= 4 is 29.9 Å². The maximum atomic E-state index is 13.7. The van der Waals surface area contributed by atoms with E-state index < -0.39 is 6.61 Å². The molecule has 26 heavy (non-hydrogen) atoms. The van der Waals surface area contributed by atoms with E-state index in [9.17, 15) is 13.2 Å². The predicted molar refractivity (Wildman–Crippen MR) is 107 cm³/mol. The molecule has 0 amide bonds. The van der Waals surface area contributed by atoms with Gasteiger partial charge in [-0.15, -0.1) is 24.0 Å². The highest BCUT2D eigenvalue weighted by atomic mass is 127. The Morgan fingerprint density at radius 2 is 1.69 bits per heavy atom. The molecule has 142 valence electrons. The number of hydrogen-bond donors (Lipinski definition) is 2. The fourth-order valence-electron chi connectivity index (χ4n) is 2.17. The molecule has 0 saturated carbocycles. The molecule has 0 atom stereocenters. The van der Waals surface area contributed by atoms with Crippen LogP contribution >= 0.6 is 24.0 Å². The zero-order chi connectivity index (χ0) is 18.1. The van der Waals surface area contributed by atoms with Crippen molar-refractivity contribution < 1.29 is 17.9 Å². The van der Waals surface area contributed by atoms with E-state index in [4.69, 9.17) is 0 Å². The highest BCUT2D eigenvalue weighted by Gasteiger charge is 2.09. The second-order valence-corrected chi connectivity index (χ2v) is 5.13. The fraction of sp³-hybridized carbons (Fsp3) is 0.278. The van der Waals surface area contributed by atoms with Crippen molar-refractivity contribution in [3.8, 4) is 5.75 Å². The Balaban J connectivity index is 0.00000338. The van der Waals surface area contributed by atoms with Gasteiger partial charge >= 0.3 is 6.61 Å². The molecule has 0 aliphatic carbocycles. The summed E-state index contributed by atoms with van der Waals surface area (Å²) >= 11 is 0. The van der Waals surface area contributed by atoms with Gasteiger partial charge in [0.05, 0.1) is 6.54 Å². The largest absolute Gasteiger partial charge is 0.434 e. The molecule has 2 rings (SSSR count). The zero-order valence-corrected chi connectivity index (χ0v) is 16.5. The number of para-hydroxylation sites is 1. The number of guanidine groups is 1. The molecule has 0 aromatic heterocycles. The Labute approximate surface area is 167 Å². The maximum absolute atomic E-state index is 13.7. The second-order valence-electron chi connectivity index (χ2n) is 5.13. The molecule has 0 heterocycles. The first kappa shape index (κ1) is 22.1. The van der Waals surface area contributed by atoms with Crippen LogP contribution in [0.4, 0.5) is 13.2 Å². The SMILES string of the molecule is CCNC(=NCc1ccccc1OC(F)F)NCc1ccccc1F.I. The molecule has 0 bridgehead atoms. The first-order valence-electron chi connectivity index (χ1n) is 7.88. The van der Waals surface area contributed by atoms with E-state index in [2.05, 4.69) is 20.4 Å². The highest BCUT2D eigenvalue weighted by Crippen LogP contribution is 2.20. The van der Waals surface area contributed by atoms with Gasteiger partial charge in [0.2, 0.25) is 0 Å². The number of hydrogen-bond acceptors (Lipinski definition) is 2. The Kier molecular flexibility index (Phi) is 9.85. The number of benzene rings is 2. The van der Waals surface area contributed by atoms with E-state index in [1.54, 1.807) is 36.4 Å². The molecule has 2 aromatic rings. The Morgan fingerprint density at radius 3 is 2.35 bits per heavy atom. The van der Waals surface area contributed by atoms with Crippen LogP contribution in [0, 0.1) is 5.82 Å². The van der Waals surface area contributed by atoms with Crippen molar-refractivity contribution in [3.63, 3.8) is 0 Å². The minimum Gasteiger partial charge on any atom is -0.434 e. The monoisotopic (exact) mass is 479 g/mol. The summed E-state index contributed by atoms with van der Waals surface area (Å²) in [5.41, 5.74) is 1.04. The number of rotatable bonds is 7. The third-order valence-electron chi connectivity index (χ3n) is 3.34. The molecule has 0 fully saturated rings. The lowest BCUT2D eigenvalue weighted by atomic mass is 10.2. The summed E-state index contributed by atoms with van der Waals surface area (Å²) < 4.78 is 43.0. The van der Waals surface area contributed by atoms with E-state index in [-0.39, 0.29) is 48.6 Å². The first-order chi connectivity index (χ1) is 12.1. The highest BCUT2D eigenvalue weighted by molar-refractivity contribution is 14.0. The van der Waals surface area contributed by atoms with Crippen LogP contribution in [-0.4, -0.2) is 19.1 Å². The van der Waals surface area contributed by atoms with Gasteiger partial charge < -0.3 is 15.4 Å². The standard InChI is InChI=1S/C18H20F3N3O.HI/c1-2-22-18(23-11-13-7-3-5-9-15(13)19)24-12-14-8-4-6-10-16(14)25-17(20)21;/h3-10,17H,2,11-12H2,1H3,(H2,22,23,24);1H. The number of alkyl halides is 2. The lowest BCUT2D eigenvalue weighted by Crippen LogP contribution is -2.37. The molecule has 0 saturated heterocycles. The molecule has 0 spiro atoms. The topological polar surface area (TPSA) is 45.7 Å². The van der Waals surface area contributed by atoms with Crippen molar-refractivity contribution in [3.05, 3.63) is 65.5 Å². The molecule has 0 unspecified atom stereocenters. The van der Waals surface area contributed by atoms with E-state index in [1.165, 1.54) is 12.1 Å². The van der Waals surface area contributed by atoms with Crippen LogP contribution in [0.3, 0.4) is 0 Å². The average Bonchev–Trinajstić information content (AvgIpc) is 2.59. The van der Waals surface area contributed by atoms with Gasteiger partial charge in [0.1, 0.15) is 11.6 Å². The van der Waals surface area contributed by atoms with Gasteiger partial charge in [0, 0.05) is 24.2 Å². The van der Waals surface area contributed by atoms with Crippen LogP contribution in [0.25, 0.3) is 0 Å². The van der Waals surface area contributed by atoms with Crippen LogP contribution in [0.1, 0.15) is 18.1 Å². The molecule has 0 aliphatic heterocycles. The van der Waals surface area contributed by atoms with Gasteiger partial charge in [-0.3, -0.25) is 0 Å². The summed E-state index contributed by atoms with van der Waals surface area (Å²) in [6.45, 7) is 0.0212. The van der Waals surface area contributed by atoms with Crippen molar-refractivity contribution in [1.29, 1.82) is 0 Å². The van der Waals surface area contributed by atoms with Crippen LogP contribution in [0.5, 0.6) is 5.75 Å². The van der Waals surface area contributed by atoms with E-state index in [1.807, 2.05) is 6.92 Å². The second kappa shape index (κ2) is 11.6. The quantitative estimate of drug-likeness (QED) is 0.354. The van der Waals surface area contributed by atoms with Gasteiger partial charge in [0.15, 0.2) is 5.96 Å². The normalized spacial score (nSPS) is 11.0. The molecule has 8 heteroatoms. The summed E-state index contributed by atoms with van der Waals surface area (Å²) in [7, 11) is 0. The fourth-order valence-corrected chi connectivity index (χ4v) is 2.17. The molecular formula is C18H21F3IN3O. The summed E-state index contributed by atoms with van der Waals surface area (Å²) in [4.78, 5) is 4.34. The molecule has 2 aromatic carbocycles. The third-order valence-corrected chi connectivity index (χ3v) is 3.34. The first-order valence-corrected chi connectivity index (χ1v) is 7.88. The van der Waals surface area contributed by atoms with Crippen LogP contribution in [0.15, 0.2) is 53.5 Å². The number of nitrogens with zero attached hydrogens (tertiary/aromatic N) is 1. The summed E-state index contributed by atoms with van der Waals surface area (Å²) in [6, 6.07) is 12.9.